The summed E-state index contributed by atoms with van der Waals surface area (Å²) < 4.78 is 1.15. The van der Waals surface area contributed by atoms with Gasteiger partial charge in [-0.15, -0.1) is 11.3 Å². The van der Waals surface area contributed by atoms with Gasteiger partial charge in [0.05, 0.1) is 27.4 Å². The van der Waals surface area contributed by atoms with Crippen LogP contribution in [0.15, 0.2) is 42.0 Å². The van der Waals surface area contributed by atoms with E-state index in [0.717, 1.165) is 61.2 Å². The van der Waals surface area contributed by atoms with Crippen LogP contribution < -0.4 is 4.90 Å². The van der Waals surface area contributed by atoms with E-state index < -0.39 is 0 Å². The van der Waals surface area contributed by atoms with Crippen molar-refractivity contribution < 1.29 is 4.79 Å². The number of nitrogens with zero attached hydrogens (tertiary/aromatic N) is 5. The van der Waals surface area contributed by atoms with Gasteiger partial charge in [0.15, 0.2) is 0 Å². The van der Waals surface area contributed by atoms with Crippen LogP contribution in [0.3, 0.4) is 0 Å². The molecule has 1 atom stereocenters. The van der Waals surface area contributed by atoms with E-state index in [1.54, 1.807) is 35.9 Å². The van der Waals surface area contributed by atoms with Gasteiger partial charge in [-0.2, -0.15) is 5.26 Å². The Kier molecular flexibility index (Phi) is 4.87. The summed E-state index contributed by atoms with van der Waals surface area (Å²) in [5.74, 6) is 1.01. The van der Waals surface area contributed by atoms with Gasteiger partial charge in [-0.05, 0) is 55.7 Å². The third-order valence-corrected chi connectivity index (χ3v) is 7.46. The van der Waals surface area contributed by atoms with Gasteiger partial charge in [0.25, 0.3) is 5.91 Å². The molecule has 6 nitrogen and oxygen atoms in total. The number of amides is 1. The van der Waals surface area contributed by atoms with Crippen molar-refractivity contribution in [1.29, 1.82) is 5.26 Å². The maximum absolute atomic E-state index is 13.2. The summed E-state index contributed by atoms with van der Waals surface area (Å²) in [7, 11) is 0. The minimum atomic E-state index is -0.0311. The van der Waals surface area contributed by atoms with Gasteiger partial charge in [-0.3, -0.25) is 4.79 Å². The molecule has 0 N–H and O–H groups in total. The minimum Gasteiger partial charge on any atom is -0.350 e. The zero-order chi connectivity index (χ0) is 20.6. The Morgan fingerprint density at radius 2 is 1.90 bits per heavy atom. The van der Waals surface area contributed by atoms with Crippen molar-refractivity contribution in [2.45, 2.75) is 37.6 Å². The number of anilines is 1. The number of hydrogen-bond donors (Lipinski definition) is 0. The van der Waals surface area contributed by atoms with Crippen molar-refractivity contribution >= 4 is 33.3 Å². The number of thiophene rings is 1. The van der Waals surface area contributed by atoms with E-state index in [9.17, 15) is 10.1 Å². The molecule has 2 saturated heterocycles. The third-order valence-electron chi connectivity index (χ3n) is 6.56. The molecule has 1 spiro atoms. The highest BCUT2D eigenvalue weighted by Gasteiger charge is 2.43. The van der Waals surface area contributed by atoms with Crippen molar-refractivity contribution in [3.05, 3.63) is 53.2 Å². The molecule has 0 saturated carbocycles. The Bertz CT molecular complexity index is 1140. The highest BCUT2D eigenvalue weighted by Crippen LogP contribution is 2.43. The summed E-state index contributed by atoms with van der Waals surface area (Å²) in [4.78, 5) is 26.7. The van der Waals surface area contributed by atoms with Gasteiger partial charge in [0, 0.05) is 25.2 Å². The summed E-state index contributed by atoms with van der Waals surface area (Å²) in [6, 6.07) is 11.3. The van der Waals surface area contributed by atoms with Gasteiger partial charge < -0.3 is 9.80 Å². The smallest absolute Gasteiger partial charge is 0.255 e. The van der Waals surface area contributed by atoms with E-state index in [2.05, 4.69) is 26.3 Å². The SMILES string of the molecule is N#Cc1ccccc1C(=O)N1CCC[C@]2(CCCN2c2ncnc3ccsc23)CC1. The molecule has 4 heterocycles. The fourth-order valence-electron chi connectivity index (χ4n) is 5.08. The lowest BCUT2D eigenvalue weighted by Crippen LogP contribution is -2.45. The van der Waals surface area contributed by atoms with Gasteiger partial charge in [0.1, 0.15) is 12.1 Å². The lowest BCUT2D eigenvalue weighted by molar-refractivity contribution is 0.0759. The predicted molar refractivity (Wildman–Crippen MR) is 118 cm³/mol. The third kappa shape index (κ3) is 3.12. The molecule has 1 aromatic carbocycles. The lowest BCUT2D eigenvalue weighted by Gasteiger charge is -2.39. The highest BCUT2D eigenvalue weighted by atomic mass is 32.1. The van der Waals surface area contributed by atoms with E-state index in [-0.39, 0.29) is 11.4 Å². The normalized spacial score (nSPS) is 21.7. The quantitative estimate of drug-likeness (QED) is 0.624. The van der Waals surface area contributed by atoms with Crippen LogP contribution in [0.25, 0.3) is 10.2 Å². The van der Waals surface area contributed by atoms with Crippen LogP contribution >= 0.6 is 11.3 Å². The van der Waals surface area contributed by atoms with Gasteiger partial charge in [-0.25, -0.2) is 9.97 Å². The first-order valence-corrected chi connectivity index (χ1v) is 11.3. The number of likely N-dealkylation sites (tertiary alicyclic amines) is 1. The Hall–Kier alpha value is -2.98. The molecule has 0 bridgehead atoms. The summed E-state index contributed by atoms with van der Waals surface area (Å²) in [6.45, 7) is 2.43. The molecule has 0 aliphatic carbocycles. The molecule has 0 radical (unpaired) electrons. The number of fused-ring (bicyclic) bond motifs is 1. The number of benzene rings is 1. The number of hydrogen-bond acceptors (Lipinski definition) is 6. The Labute approximate surface area is 179 Å². The number of nitriles is 1. The first-order valence-electron chi connectivity index (χ1n) is 10.5. The largest absolute Gasteiger partial charge is 0.350 e. The van der Waals surface area contributed by atoms with Crippen molar-refractivity contribution in [3.8, 4) is 6.07 Å². The molecule has 7 heteroatoms. The van der Waals surface area contributed by atoms with Crippen LogP contribution in [0.1, 0.15) is 48.0 Å². The van der Waals surface area contributed by atoms with Gasteiger partial charge in [0.2, 0.25) is 0 Å². The molecule has 0 unspecified atom stereocenters. The van der Waals surface area contributed by atoms with Crippen LogP contribution in [0.4, 0.5) is 5.82 Å². The van der Waals surface area contributed by atoms with Crippen LogP contribution in [0.5, 0.6) is 0 Å². The average Bonchev–Trinajstić information content (AvgIpc) is 3.37. The zero-order valence-electron chi connectivity index (χ0n) is 16.8. The molecule has 152 valence electrons. The van der Waals surface area contributed by atoms with Gasteiger partial charge >= 0.3 is 0 Å². The first-order chi connectivity index (χ1) is 14.7. The number of carbonyl (C=O) groups is 1. The van der Waals surface area contributed by atoms with Crippen molar-refractivity contribution in [3.63, 3.8) is 0 Å². The Morgan fingerprint density at radius 3 is 2.77 bits per heavy atom. The van der Waals surface area contributed by atoms with Crippen LogP contribution in [-0.2, 0) is 0 Å². The molecule has 2 aromatic heterocycles. The molecular formula is C23H23N5OS. The topological polar surface area (TPSA) is 73.1 Å². The molecular weight excluding hydrogens is 394 g/mol. The van der Waals surface area contributed by atoms with Crippen molar-refractivity contribution in [2.75, 3.05) is 24.5 Å². The first kappa shape index (κ1) is 19.0. The molecule has 30 heavy (non-hydrogen) atoms. The summed E-state index contributed by atoms with van der Waals surface area (Å²) in [5.41, 5.74) is 2.00. The second-order valence-electron chi connectivity index (χ2n) is 8.11. The second kappa shape index (κ2) is 7.69. The van der Waals surface area contributed by atoms with Crippen LogP contribution in [0.2, 0.25) is 0 Å². The lowest BCUT2D eigenvalue weighted by atomic mass is 9.87. The Balaban J connectivity index is 1.41. The van der Waals surface area contributed by atoms with Crippen molar-refractivity contribution in [1.82, 2.24) is 14.9 Å². The van der Waals surface area contributed by atoms with E-state index >= 15 is 0 Å². The minimum absolute atomic E-state index is 0.0311. The van der Waals surface area contributed by atoms with Gasteiger partial charge in [-0.1, -0.05) is 12.1 Å². The number of aromatic nitrogens is 2. The number of carbonyl (C=O) groups excluding carboxylic acids is 1. The molecule has 2 aliphatic heterocycles. The van der Waals surface area contributed by atoms with E-state index in [1.807, 2.05) is 17.0 Å². The zero-order valence-corrected chi connectivity index (χ0v) is 17.6. The van der Waals surface area contributed by atoms with Crippen LogP contribution in [-0.4, -0.2) is 45.9 Å². The van der Waals surface area contributed by atoms with E-state index in [4.69, 9.17) is 0 Å². The second-order valence-corrected chi connectivity index (χ2v) is 9.03. The fraction of sp³-hybridized carbons (Fsp3) is 0.391. The average molecular weight is 418 g/mol. The van der Waals surface area contributed by atoms with E-state index in [1.165, 1.54) is 0 Å². The summed E-state index contributed by atoms with van der Waals surface area (Å²) in [5, 5.41) is 11.5. The molecule has 5 rings (SSSR count). The number of rotatable bonds is 2. The molecule has 1 amide bonds. The molecule has 2 aliphatic rings. The molecule has 3 aromatic rings. The van der Waals surface area contributed by atoms with E-state index in [0.29, 0.717) is 17.7 Å². The predicted octanol–water partition coefficient (Wildman–Crippen LogP) is 4.23. The maximum Gasteiger partial charge on any atom is 0.255 e. The highest BCUT2D eigenvalue weighted by molar-refractivity contribution is 7.17. The van der Waals surface area contributed by atoms with Crippen LogP contribution in [0, 0.1) is 11.3 Å². The monoisotopic (exact) mass is 417 g/mol. The Morgan fingerprint density at radius 1 is 1.07 bits per heavy atom. The fourth-order valence-corrected chi connectivity index (χ4v) is 5.92. The summed E-state index contributed by atoms with van der Waals surface area (Å²) in [6.07, 6.45) is 6.86. The van der Waals surface area contributed by atoms with Crippen molar-refractivity contribution in [2.24, 2.45) is 0 Å². The maximum atomic E-state index is 13.2. The summed E-state index contributed by atoms with van der Waals surface area (Å²) >= 11 is 1.70. The molecule has 2 fully saturated rings. The standard InChI is InChI=1S/C23H23N5OS/c24-15-17-5-1-2-6-18(17)22(29)27-11-3-8-23(10-13-27)9-4-12-28(23)21-20-19(7-14-30-20)25-16-26-21/h1-2,5-7,14,16H,3-4,8-13H2/t23-/m0/s1.